The van der Waals surface area contributed by atoms with Gasteiger partial charge in [-0.1, -0.05) is 57.2 Å². The Labute approximate surface area is 195 Å². The average Bonchev–Trinajstić information content (AvgIpc) is 3.25. The number of aryl methyl sites for hydroxylation is 1. The van der Waals surface area contributed by atoms with E-state index in [0.717, 1.165) is 39.5 Å². The summed E-state index contributed by atoms with van der Waals surface area (Å²) in [7, 11) is 0. The molecule has 2 aromatic carbocycles. The molecule has 172 valence electrons. The second-order valence-electron chi connectivity index (χ2n) is 9.22. The Morgan fingerprint density at radius 3 is 2.64 bits per heavy atom. The zero-order valence-corrected chi connectivity index (χ0v) is 19.7. The van der Waals surface area contributed by atoms with Crippen molar-refractivity contribution in [3.05, 3.63) is 83.3 Å². The number of rotatable bonds is 8. The molecule has 1 aliphatic carbocycles. The van der Waals surface area contributed by atoms with Crippen LogP contribution in [0.3, 0.4) is 0 Å². The summed E-state index contributed by atoms with van der Waals surface area (Å²) < 4.78 is 11.9. The minimum atomic E-state index is -0.773. The highest BCUT2D eigenvalue weighted by atomic mass is 16.5. The van der Waals surface area contributed by atoms with Gasteiger partial charge in [-0.25, -0.2) is 4.98 Å². The van der Waals surface area contributed by atoms with Gasteiger partial charge in [-0.3, -0.25) is 4.79 Å². The van der Waals surface area contributed by atoms with E-state index in [1.165, 1.54) is 0 Å². The van der Waals surface area contributed by atoms with Crippen LogP contribution in [0.15, 0.2) is 65.1 Å². The lowest BCUT2D eigenvalue weighted by Gasteiger charge is -2.25. The first kappa shape index (κ1) is 22.8. The van der Waals surface area contributed by atoms with Crippen molar-refractivity contribution < 1.29 is 19.1 Å². The predicted octanol–water partition coefficient (Wildman–Crippen LogP) is 6.31. The molecule has 0 amide bonds. The lowest BCUT2D eigenvalue weighted by molar-refractivity contribution is -0.142. The summed E-state index contributed by atoms with van der Waals surface area (Å²) in [6.45, 7) is 12.8. The highest BCUT2D eigenvalue weighted by Crippen LogP contribution is 2.53. The lowest BCUT2D eigenvalue weighted by Crippen LogP contribution is -2.23. The van der Waals surface area contributed by atoms with Gasteiger partial charge in [0.25, 0.3) is 0 Å². The Morgan fingerprint density at radius 2 is 1.97 bits per heavy atom. The van der Waals surface area contributed by atoms with E-state index in [9.17, 15) is 9.90 Å². The quantitative estimate of drug-likeness (QED) is 0.411. The fourth-order valence-corrected chi connectivity index (χ4v) is 4.83. The molecule has 0 saturated carbocycles. The Balaban J connectivity index is 1.49. The Morgan fingerprint density at radius 1 is 1.24 bits per heavy atom. The number of aromatic nitrogens is 1. The van der Waals surface area contributed by atoms with Gasteiger partial charge >= 0.3 is 5.97 Å². The molecule has 0 spiro atoms. The second kappa shape index (κ2) is 8.89. The van der Waals surface area contributed by atoms with Crippen LogP contribution in [0.5, 0.6) is 5.75 Å². The molecule has 1 N–H and O–H groups in total. The third-order valence-corrected chi connectivity index (χ3v) is 6.89. The van der Waals surface area contributed by atoms with Crippen molar-refractivity contribution >= 4 is 5.97 Å². The number of hydrogen-bond donors (Lipinski definition) is 1. The predicted molar refractivity (Wildman–Crippen MR) is 129 cm³/mol. The van der Waals surface area contributed by atoms with Crippen molar-refractivity contribution in [2.45, 2.75) is 51.9 Å². The summed E-state index contributed by atoms with van der Waals surface area (Å²) in [4.78, 5) is 16.5. The summed E-state index contributed by atoms with van der Waals surface area (Å²) >= 11 is 0. The zero-order valence-electron chi connectivity index (χ0n) is 19.7. The van der Waals surface area contributed by atoms with Crippen LogP contribution >= 0.6 is 0 Å². The largest absolute Gasteiger partial charge is 0.493 e. The number of nitrogens with zero attached hydrogens (tertiary/aromatic N) is 1. The van der Waals surface area contributed by atoms with Crippen LogP contribution in [0.4, 0.5) is 0 Å². The summed E-state index contributed by atoms with van der Waals surface area (Å²) in [5, 5.41) is 9.74. The van der Waals surface area contributed by atoms with Crippen molar-refractivity contribution in [1.29, 1.82) is 0 Å². The maximum Gasteiger partial charge on any atom is 0.307 e. The molecule has 0 aliphatic heterocycles. The van der Waals surface area contributed by atoms with E-state index in [1.807, 2.05) is 62.4 Å². The summed E-state index contributed by atoms with van der Waals surface area (Å²) in [5.41, 5.74) is 4.63. The SMILES string of the molecule is C=C1[C@@H]([C@H](CC)C(=O)O)c2ccc(OCCc3nc(-c4ccccc4)oc3C)cc2C1(C)C. The summed E-state index contributed by atoms with van der Waals surface area (Å²) in [6, 6.07) is 15.8. The van der Waals surface area contributed by atoms with Crippen LogP contribution in [0.25, 0.3) is 11.5 Å². The van der Waals surface area contributed by atoms with Gasteiger partial charge in [0.15, 0.2) is 0 Å². The molecular formula is C28H31NO4. The molecular weight excluding hydrogens is 414 g/mol. The standard InChI is InChI=1S/C28H31NO4/c1-6-21(27(30)31)25-17(2)28(4,5)23-16-20(12-13-22(23)25)32-15-14-24-18(3)33-26(29-24)19-10-8-7-9-11-19/h7-13,16,21,25H,2,6,14-15H2,1,3-5H3,(H,30,31)/t21-,25-/m0/s1. The first-order chi connectivity index (χ1) is 15.7. The van der Waals surface area contributed by atoms with Crippen LogP contribution in [0, 0.1) is 12.8 Å². The van der Waals surface area contributed by atoms with E-state index >= 15 is 0 Å². The van der Waals surface area contributed by atoms with E-state index in [-0.39, 0.29) is 11.3 Å². The third kappa shape index (κ3) is 4.20. The highest BCUT2D eigenvalue weighted by molar-refractivity contribution is 5.74. The molecule has 0 fully saturated rings. The number of carbonyl (C=O) groups is 1. The topological polar surface area (TPSA) is 72.6 Å². The summed E-state index contributed by atoms with van der Waals surface area (Å²) in [5.74, 6) is 0.759. The minimum absolute atomic E-state index is 0.180. The highest BCUT2D eigenvalue weighted by Gasteiger charge is 2.45. The van der Waals surface area contributed by atoms with E-state index in [1.54, 1.807) is 0 Å². The van der Waals surface area contributed by atoms with Gasteiger partial charge in [0, 0.05) is 23.3 Å². The van der Waals surface area contributed by atoms with Gasteiger partial charge in [-0.05, 0) is 48.7 Å². The monoisotopic (exact) mass is 445 g/mol. The first-order valence-electron chi connectivity index (χ1n) is 11.4. The van der Waals surface area contributed by atoms with Gasteiger partial charge in [0.05, 0.1) is 18.2 Å². The maximum atomic E-state index is 11.9. The lowest BCUT2D eigenvalue weighted by atomic mass is 9.78. The number of carboxylic acids is 1. The fourth-order valence-electron chi connectivity index (χ4n) is 4.83. The zero-order chi connectivity index (χ0) is 23.8. The van der Waals surface area contributed by atoms with E-state index in [0.29, 0.717) is 25.3 Å². The Kier molecular flexibility index (Phi) is 6.15. The van der Waals surface area contributed by atoms with Crippen LogP contribution in [-0.4, -0.2) is 22.7 Å². The fraction of sp³-hybridized carbons (Fsp3) is 0.357. The molecule has 33 heavy (non-hydrogen) atoms. The number of hydrogen-bond acceptors (Lipinski definition) is 4. The summed E-state index contributed by atoms with van der Waals surface area (Å²) in [6.07, 6.45) is 1.20. The molecule has 3 aromatic rings. The third-order valence-electron chi connectivity index (χ3n) is 6.89. The van der Waals surface area contributed by atoms with Crippen LogP contribution < -0.4 is 4.74 Å². The van der Waals surface area contributed by atoms with Crippen LogP contribution in [0.2, 0.25) is 0 Å². The maximum absolute atomic E-state index is 11.9. The van der Waals surface area contributed by atoms with E-state index in [2.05, 4.69) is 25.4 Å². The molecule has 0 saturated heterocycles. The molecule has 5 heteroatoms. The number of carboxylic acid groups (broad SMARTS) is 1. The van der Waals surface area contributed by atoms with Crippen molar-refractivity contribution in [2.24, 2.45) is 5.92 Å². The molecule has 0 bridgehead atoms. The number of fused-ring (bicyclic) bond motifs is 1. The normalized spacial score (nSPS) is 17.6. The van der Waals surface area contributed by atoms with Crippen LogP contribution in [0.1, 0.15) is 55.7 Å². The number of aliphatic carboxylic acids is 1. The van der Waals surface area contributed by atoms with Crippen molar-refractivity contribution in [2.75, 3.05) is 6.61 Å². The van der Waals surface area contributed by atoms with Crippen molar-refractivity contribution in [3.63, 3.8) is 0 Å². The molecule has 1 aliphatic rings. The number of allylic oxidation sites excluding steroid dienone is 1. The average molecular weight is 446 g/mol. The van der Waals surface area contributed by atoms with Crippen molar-refractivity contribution in [1.82, 2.24) is 4.98 Å². The molecule has 5 nitrogen and oxygen atoms in total. The van der Waals surface area contributed by atoms with Gasteiger partial charge < -0.3 is 14.3 Å². The number of benzene rings is 2. The number of oxazole rings is 1. The first-order valence-corrected chi connectivity index (χ1v) is 11.4. The van der Waals surface area contributed by atoms with Gasteiger partial charge in [0.1, 0.15) is 11.5 Å². The minimum Gasteiger partial charge on any atom is -0.493 e. The van der Waals surface area contributed by atoms with Crippen LogP contribution in [-0.2, 0) is 16.6 Å². The Bertz CT molecular complexity index is 1180. The second-order valence-corrected chi connectivity index (χ2v) is 9.22. The molecule has 1 heterocycles. The molecule has 0 unspecified atom stereocenters. The molecule has 1 aromatic heterocycles. The smallest absolute Gasteiger partial charge is 0.307 e. The van der Waals surface area contributed by atoms with Gasteiger partial charge in [-0.2, -0.15) is 0 Å². The molecule has 0 radical (unpaired) electrons. The number of ether oxygens (including phenoxy) is 1. The Hall–Kier alpha value is -3.34. The van der Waals surface area contributed by atoms with Crippen molar-refractivity contribution in [3.8, 4) is 17.2 Å². The molecule has 4 rings (SSSR count). The van der Waals surface area contributed by atoms with E-state index < -0.39 is 11.9 Å². The molecule has 2 atom stereocenters. The van der Waals surface area contributed by atoms with E-state index in [4.69, 9.17) is 9.15 Å². The van der Waals surface area contributed by atoms with Gasteiger partial charge in [0.2, 0.25) is 5.89 Å². The van der Waals surface area contributed by atoms with Gasteiger partial charge in [-0.15, -0.1) is 0 Å².